The van der Waals surface area contributed by atoms with Gasteiger partial charge in [-0.3, -0.25) is 5.10 Å². The highest BCUT2D eigenvalue weighted by atomic mass is 19.1. The number of rotatable bonds is 8. The van der Waals surface area contributed by atoms with Gasteiger partial charge in [-0.25, -0.2) is 8.78 Å². The number of aryl methyl sites for hydroxylation is 1. The predicted octanol–water partition coefficient (Wildman–Crippen LogP) is 4.43. The molecule has 1 heterocycles. The number of ether oxygens (including phenoxy) is 1. The zero-order valence-electron chi connectivity index (χ0n) is 15.5. The normalized spacial score (nSPS) is 11.1. The molecular formula is C21H23F2N3O. The van der Waals surface area contributed by atoms with Gasteiger partial charge in [-0.15, -0.1) is 0 Å². The fourth-order valence-electron chi connectivity index (χ4n) is 3.00. The third kappa shape index (κ3) is 5.14. The van der Waals surface area contributed by atoms with E-state index in [2.05, 4.69) is 15.1 Å². The van der Waals surface area contributed by atoms with Crippen LogP contribution in [-0.2, 0) is 13.0 Å². The van der Waals surface area contributed by atoms with Crippen molar-refractivity contribution in [2.75, 3.05) is 20.7 Å². The summed E-state index contributed by atoms with van der Waals surface area (Å²) >= 11 is 0. The summed E-state index contributed by atoms with van der Waals surface area (Å²) < 4.78 is 31.7. The first kappa shape index (κ1) is 19.0. The number of nitrogens with zero attached hydrogens (tertiary/aromatic N) is 2. The number of halogens is 2. The van der Waals surface area contributed by atoms with E-state index < -0.39 is 0 Å². The van der Waals surface area contributed by atoms with Crippen LogP contribution in [0.2, 0.25) is 0 Å². The van der Waals surface area contributed by atoms with Gasteiger partial charge in [0.25, 0.3) is 0 Å². The summed E-state index contributed by atoms with van der Waals surface area (Å²) in [4.78, 5) is 2.15. The molecule has 0 radical (unpaired) electrons. The van der Waals surface area contributed by atoms with Crippen molar-refractivity contribution in [3.8, 4) is 17.0 Å². The van der Waals surface area contributed by atoms with Crippen LogP contribution in [0.1, 0.15) is 17.7 Å². The van der Waals surface area contributed by atoms with E-state index in [1.165, 1.54) is 25.3 Å². The first-order valence-corrected chi connectivity index (χ1v) is 8.86. The van der Waals surface area contributed by atoms with Gasteiger partial charge in [-0.2, -0.15) is 5.10 Å². The standard InChI is InChI=1S/C21H23F2N3O/c1-26(14-15-5-10-21(27-2)19(23)12-15)11-3-4-18-13-20(25-24-18)16-6-8-17(22)9-7-16/h5-10,12-13H,3-4,11,14H2,1-2H3,(H,24,25). The summed E-state index contributed by atoms with van der Waals surface area (Å²) in [5, 5.41) is 7.33. The highest BCUT2D eigenvalue weighted by molar-refractivity contribution is 5.58. The molecule has 1 N–H and O–H groups in total. The van der Waals surface area contributed by atoms with Crippen LogP contribution >= 0.6 is 0 Å². The Labute approximate surface area is 157 Å². The number of hydrogen-bond acceptors (Lipinski definition) is 3. The molecule has 2 aromatic carbocycles. The van der Waals surface area contributed by atoms with Crippen LogP contribution in [0.3, 0.4) is 0 Å². The lowest BCUT2D eigenvalue weighted by atomic mass is 10.1. The zero-order chi connectivity index (χ0) is 19.2. The predicted molar refractivity (Wildman–Crippen MR) is 102 cm³/mol. The van der Waals surface area contributed by atoms with E-state index in [1.54, 1.807) is 18.2 Å². The Morgan fingerprint density at radius 1 is 1.07 bits per heavy atom. The lowest BCUT2D eigenvalue weighted by Gasteiger charge is -2.16. The molecule has 0 aliphatic heterocycles. The van der Waals surface area contributed by atoms with Crippen molar-refractivity contribution in [1.29, 1.82) is 0 Å². The molecule has 0 atom stereocenters. The average molecular weight is 371 g/mol. The van der Waals surface area contributed by atoms with E-state index >= 15 is 0 Å². The maximum absolute atomic E-state index is 13.8. The first-order valence-electron chi connectivity index (χ1n) is 8.86. The molecule has 0 unspecified atom stereocenters. The summed E-state index contributed by atoms with van der Waals surface area (Å²) in [6.45, 7) is 1.54. The van der Waals surface area contributed by atoms with Gasteiger partial charge in [0, 0.05) is 17.8 Å². The van der Waals surface area contributed by atoms with Gasteiger partial charge in [0.1, 0.15) is 5.82 Å². The molecule has 0 aliphatic rings. The van der Waals surface area contributed by atoms with E-state index in [1.807, 2.05) is 19.2 Å². The van der Waals surface area contributed by atoms with Crippen molar-refractivity contribution in [2.24, 2.45) is 0 Å². The minimum Gasteiger partial charge on any atom is -0.494 e. The molecule has 4 nitrogen and oxygen atoms in total. The molecule has 27 heavy (non-hydrogen) atoms. The van der Waals surface area contributed by atoms with Crippen LogP contribution in [0.5, 0.6) is 5.75 Å². The molecule has 0 saturated carbocycles. The third-order valence-corrected chi connectivity index (χ3v) is 4.43. The van der Waals surface area contributed by atoms with Crippen LogP contribution in [0.25, 0.3) is 11.3 Å². The van der Waals surface area contributed by atoms with Gasteiger partial charge in [-0.1, -0.05) is 6.07 Å². The van der Waals surface area contributed by atoms with Crippen LogP contribution in [-0.4, -0.2) is 35.8 Å². The molecule has 0 saturated heterocycles. The smallest absolute Gasteiger partial charge is 0.165 e. The van der Waals surface area contributed by atoms with Crippen LogP contribution in [0.15, 0.2) is 48.5 Å². The highest BCUT2D eigenvalue weighted by Crippen LogP contribution is 2.20. The molecule has 3 rings (SSSR count). The molecule has 3 aromatic rings. The minimum absolute atomic E-state index is 0.255. The number of methoxy groups -OCH3 is 1. The molecule has 0 bridgehead atoms. The number of aromatic nitrogens is 2. The summed E-state index contributed by atoms with van der Waals surface area (Å²) in [7, 11) is 3.47. The largest absolute Gasteiger partial charge is 0.494 e. The van der Waals surface area contributed by atoms with Crippen LogP contribution in [0.4, 0.5) is 8.78 Å². The maximum atomic E-state index is 13.8. The Hall–Kier alpha value is -2.73. The Morgan fingerprint density at radius 3 is 2.56 bits per heavy atom. The van der Waals surface area contributed by atoms with Crippen molar-refractivity contribution in [3.05, 3.63) is 71.4 Å². The number of aromatic amines is 1. The van der Waals surface area contributed by atoms with E-state index in [0.717, 1.165) is 41.9 Å². The molecule has 0 amide bonds. The van der Waals surface area contributed by atoms with E-state index in [-0.39, 0.29) is 17.4 Å². The van der Waals surface area contributed by atoms with Crippen LogP contribution < -0.4 is 4.74 Å². The molecule has 0 spiro atoms. The van der Waals surface area contributed by atoms with Crippen molar-refractivity contribution in [1.82, 2.24) is 15.1 Å². The molecule has 1 aromatic heterocycles. The van der Waals surface area contributed by atoms with E-state index in [4.69, 9.17) is 4.74 Å². The van der Waals surface area contributed by atoms with Crippen molar-refractivity contribution in [3.63, 3.8) is 0 Å². The summed E-state index contributed by atoms with van der Waals surface area (Å²) in [5.41, 5.74) is 3.65. The third-order valence-electron chi connectivity index (χ3n) is 4.43. The van der Waals surface area contributed by atoms with E-state index in [9.17, 15) is 8.78 Å². The van der Waals surface area contributed by atoms with Crippen molar-refractivity contribution < 1.29 is 13.5 Å². The molecule has 142 valence electrons. The lowest BCUT2D eigenvalue weighted by Crippen LogP contribution is -2.19. The Balaban J connectivity index is 1.48. The summed E-state index contributed by atoms with van der Waals surface area (Å²) in [6.07, 6.45) is 1.80. The first-order chi connectivity index (χ1) is 13.0. The fourth-order valence-corrected chi connectivity index (χ4v) is 3.00. The van der Waals surface area contributed by atoms with Gasteiger partial charge < -0.3 is 9.64 Å². The number of H-pyrrole nitrogens is 1. The highest BCUT2D eigenvalue weighted by Gasteiger charge is 2.07. The second-order valence-electron chi connectivity index (χ2n) is 6.60. The van der Waals surface area contributed by atoms with Crippen LogP contribution in [0, 0.1) is 11.6 Å². The lowest BCUT2D eigenvalue weighted by molar-refractivity contribution is 0.320. The van der Waals surface area contributed by atoms with Gasteiger partial charge >= 0.3 is 0 Å². The van der Waals surface area contributed by atoms with Gasteiger partial charge in [0.15, 0.2) is 11.6 Å². The summed E-state index contributed by atoms with van der Waals surface area (Å²) in [6, 6.07) is 13.3. The minimum atomic E-state index is -0.339. The fraction of sp³-hybridized carbons (Fsp3) is 0.286. The van der Waals surface area contributed by atoms with E-state index in [0.29, 0.717) is 6.54 Å². The number of hydrogen-bond donors (Lipinski definition) is 1. The number of benzene rings is 2. The van der Waals surface area contributed by atoms with Crippen molar-refractivity contribution in [2.45, 2.75) is 19.4 Å². The molecule has 6 heteroatoms. The Kier molecular flexibility index (Phi) is 6.19. The van der Waals surface area contributed by atoms with Gasteiger partial charge in [0.2, 0.25) is 0 Å². The second kappa shape index (κ2) is 8.77. The number of nitrogens with one attached hydrogen (secondary N) is 1. The Morgan fingerprint density at radius 2 is 1.85 bits per heavy atom. The zero-order valence-corrected chi connectivity index (χ0v) is 15.5. The van der Waals surface area contributed by atoms with Gasteiger partial charge in [-0.05, 0) is 74.5 Å². The quantitative estimate of drug-likeness (QED) is 0.637. The maximum Gasteiger partial charge on any atom is 0.165 e. The Bertz CT molecular complexity index is 877. The molecular weight excluding hydrogens is 348 g/mol. The second-order valence-corrected chi connectivity index (χ2v) is 6.60. The SMILES string of the molecule is COc1ccc(CN(C)CCCc2cc(-c3ccc(F)cc3)n[nH]2)cc1F. The van der Waals surface area contributed by atoms with Crippen molar-refractivity contribution >= 4 is 0 Å². The molecule has 0 aliphatic carbocycles. The monoisotopic (exact) mass is 371 g/mol. The topological polar surface area (TPSA) is 41.1 Å². The van der Waals surface area contributed by atoms with Gasteiger partial charge in [0.05, 0.1) is 12.8 Å². The molecule has 0 fully saturated rings. The average Bonchev–Trinajstić information content (AvgIpc) is 3.11. The summed E-state index contributed by atoms with van der Waals surface area (Å²) in [5.74, 6) is -0.332.